The third-order valence-corrected chi connectivity index (χ3v) is 3.36. The van der Waals surface area contributed by atoms with Gasteiger partial charge in [-0.15, -0.1) is 0 Å². The number of benzene rings is 1. The third kappa shape index (κ3) is 3.83. The van der Waals surface area contributed by atoms with Crippen molar-refractivity contribution in [3.8, 4) is 0 Å². The first kappa shape index (κ1) is 14.2. The summed E-state index contributed by atoms with van der Waals surface area (Å²) in [6, 6.07) is 6.96. The van der Waals surface area contributed by atoms with E-state index in [1.165, 1.54) is 16.7 Å². The van der Waals surface area contributed by atoms with E-state index in [4.69, 9.17) is 0 Å². The van der Waals surface area contributed by atoms with Crippen molar-refractivity contribution >= 4 is 0 Å². The summed E-state index contributed by atoms with van der Waals surface area (Å²) in [5, 5.41) is 12.8. The third-order valence-electron chi connectivity index (χ3n) is 3.36. The van der Waals surface area contributed by atoms with Crippen molar-refractivity contribution in [2.24, 2.45) is 5.92 Å². The zero-order chi connectivity index (χ0) is 13.0. The van der Waals surface area contributed by atoms with E-state index in [0.717, 1.165) is 0 Å². The van der Waals surface area contributed by atoms with Gasteiger partial charge in [0.1, 0.15) is 0 Å². The van der Waals surface area contributed by atoms with Crippen LogP contribution in [0.4, 0.5) is 0 Å². The Labute approximate surface area is 105 Å². The summed E-state index contributed by atoms with van der Waals surface area (Å²) in [6.45, 7) is 10.9. The molecule has 96 valence electrons. The highest BCUT2D eigenvalue weighted by Gasteiger charge is 2.16. The molecule has 0 aliphatic heterocycles. The van der Waals surface area contributed by atoms with Crippen molar-refractivity contribution < 1.29 is 5.11 Å². The Kier molecular flexibility index (Phi) is 5.16. The molecule has 2 unspecified atom stereocenters. The van der Waals surface area contributed by atoms with Crippen LogP contribution in [0.3, 0.4) is 0 Å². The summed E-state index contributed by atoms with van der Waals surface area (Å²) in [4.78, 5) is 0. The lowest BCUT2D eigenvalue weighted by Gasteiger charge is -2.26. The summed E-state index contributed by atoms with van der Waals surface area (Å²) < 4.78 is 0. The SMILES string of the molecule is Cc1ccc(C(C)NC(CO)C(C)C)c(C)c1. The largest absolute Gasteiger partial charge is 0.395 e. The molecule has 2 heteroatoms. The second kappa shape index (κ2) is 6.18. The van der Waals surface area contributed by atoms with Gasteiger partial charge < -0.3 is 10.4 Å². The highest BCUT2D eigenvalue weighted by atomic mass is 16.3. The Hall–Kier alpha value is -0.860. The molecule has 0 bridgehead atoms. The second-order valence-electron chi connectivity index (χ2n) is 5.28. The second-order valence-corrected chi connectivity index (χ2v) is 5.28. The molecule has 2 nitrogen and oxygen atoms in total. The van der Waals surface area contributed by atoms with Crippen LogP contribution in [0.15, 0.2) is 18.2 Å². The number of aliphatic hydroxyl groups excluding tert-OH is 1. The first-order valence-electron chi connectivity index (χ1n) is 6.39. The van der Waals surface area contributed by atoms with Crippen LogP contribution < -0.4 is 5.32 Å². The first-order chi connectivity index (χ1) is 7.95. The van der Waals surface area contributed by atoms with Gasteiger partial charge in [-0.1, -0.05) is 37.6 Å². The summed E-state index contributed by atoms with van der Waals surface area (Å²) in [7, 11) is 0. The molecule has 17 heavy (non-hydrogen) atoms. The molecule has 0 aromatic heterocycles. The summed E-state index contributed by atoms with van der Waals surface area (Å²) in [5.74, 6) is 0.438. The number of hydrogen-bond acceptors (Lipinski definition) is 2. The predicted molar refractivity (Wildman–Crippen MR) is 73.2 cm³/mol. The lowest BCUT2D eigenvalue weighted by atomic mass is 9.98. The van der Waals surface area contributed by atoms with E-state index >= 15 is 0 Å². The van der Waals surface area contributed by atoms with E-state index in [1.54, 1.807) is 0 Å². The molecule has 2 atom stereocenters. The molecule has 1 aromatic carbocycles. The molecule has 0 amide bonds. The van der Waals surface area contributed by atoms with E-state index in [-0.39, 0.29) is 18.7 Å². The van der Waals surface area contributed by atoms with E-state index in [2.05, 4.69) is 58.1 Å². The normalized spacial score (nSPS) is 15.0. The average molecular weight is 235 g/mol. The average Bonchev–Trinajstić information content (AvgIpc) is 2.24. The quantitative estimate of drug-likeness (QED) is 0.822. The fourth-order valence-electron chi connectivity index (χ4n) is 2.18. The Balaban J connectivity index is 2.78. The molecular weight excluding hydrogens is 210 g/mol. The molecule has 0 heterocycles. The molecule has 0 aliphatic carbocycles. The van der Waals surface area contributed by atoms with Gasteiger partial charge in [-0.05, 0) is 37.8 Å². The van der Waals surface area contributed by atoms with Crippen LogP contribution in [0, 0.1) is 19.8 Å². The zero-order valence-corrected chi connectivity index (χ0v) is 11.6. The van der Waals surface area contributed by atoms with Gasteiger partial charge in [0.25, 0.3) is 0 Å². The first-order valence-corrected chi connectivity index (χ1v) is 6.39. The molecule has 0 saturated carbocycles. The smallest absolute Gasteiger partial charge is 0.0587 e. The summed E-state index contributed by atoms with van der Waals surface area (Å²) >= 11 is 0. The Morgan fingerprint density at radius 1 is 1.18 bits per heavy atom. The van der Waals surface area contributed by atoms with Gasteiger partial charge in [0.15, 0.2) is 0 Å². The lowest BCUT2D eigenvalue weighted by molar-refractivity contribution is 0.201. The van der Waals surface area contributed by atoms with E-state index < -0.39 is 0 Å². The molecule has 0 fully saturated rings. The number of aryl methyl sites for hydroxylation is 2. The molecular formula is C15H25NO. The number of rotatable bonds is 5. The minimum absolute atomic E-state index is 0.158. The fraction of sp³-hybridized carbons (Fsp3) is 0.600. The molecule has 2 N–H and O–H groups in total. The van der Waals surface area contributed by atoms with Gasteiger partial charge in [0.05, 0.1) is 6.61 Å². The maximum Gasteiger partial charge on any atom is 0.0587 e. The Morgan fingerprint density at radius 3 is 2.29 bits per heavy atom. The van der Waals surface area contributed by atoms with Crippen LogP contribution in [0.25, 0.3) is 0 Å². The van der Waals surface area contributed by atoms with Gasteiger partial charge in [-0.2, -0.15) is 0 Å². The van der Waals surface area contributed by atoms with Crippen LogP contribution in [0.5, 0.6) is 0 Å². The zero-order valence-electron chi connectivity index (χ0n) is 11.6. The predicted octanol–water partition coefficient (Wildman–Crippen LogP) is 2.97. The summed E-state index contributed by atoms with van der Waals surface area (Å²) in [5.41, 5.74) is 3.92. The molecule has 1 aromatic rings. The van der Waals surface area contributed by atoms with E-state index in [1.807, 2.05) is 0 Å². The Bertz CT molecular complexity index is 360. The van der Waals surface area contributed by atoms with Gasteiger partial charge in [-0.25, -0.2) is 0 Å². The fourth-order valence-corrected chi connectivity index (χ4v) is 2.18. The van der Waals surface area contributed by atoms with Crippen molar-refractivity contribution in [1.29, 1.82) is 0 Å². The van der Waals surface area contributed by atoms with Crippen LogP contribution in [-0.2, 0) is 0 Å². The van der Waals surface area contributed by atoms with Crippen LogP contribution in [-0.4, -0.2) is 17.8 Å². The van der Waals surface area contributed by atoms with Crippen LogP contribution in [0.2, 0.25) is 0 Å². The highest BCUT2D eigenvalue weighted by molar-refractivity contribution is 5.32. The van der Waals surface area contributed by atoms with Gasteiger partial charge in [0.2, 0.25) is 0 Å². The van der Waals surface area contributed by atoms with Crippen molar-refractivity contribution in [2.45, 2.75) is 46.7 Å². The molecule has 0 saturated heterocycles. The minimum Gasteiger partial charge on any atom is -0.395 e. The van der Waals surface area contributed by atoms with Crippen LogP contribution in [0.1, 0.15) is 43.5 Å². The monoisotopic (exact) mass is 235 g/mol. The maximum absolute atomic E-state index is 9.34. The van der Waals surface area contributed by atoms with Gasteiger partial charge in [0, 0.05) is 12.1 Å². The number of aliphatic hydroxyl groups is 1. The van der Waals surface area contributed by atoms with Crippen molar-refractivity contribution in [1.82, 2.24) is 5.32 Å². The number of nitrogens with one attached hydrogen (secondary N) is 1. The maximum atomic E-state index is 9.34. The number of hydrogen-bond donors (Lipinski definition) is 2. The van der Waals surface area contributed by atoms with Crippen molar-refractivity contribution in [3.63, 3.8) is 0 Å². The van der Waals surface area contributed by atoms with E-state index in [9.17, 15) is 5.11 Å². The lowest BCUT2D eigenvalue weighted by Crippen LogP contribution is -2.38. The van der Waals surface area contributed by atoms with Gasteiger partial charge in [-0.3, -0.25) is 0 Å². The molecule has 0 spiro atoms. The van der Waals surface area contributed by atoms with Gasteiger partial charge >= 0.3 is 0 Å². The summed E-state index contributed by atoms with van der Waals surface area (Å²) in [6.07, 6.45) is 0. The standard InChI is InChI=1S/C15H25NO/c1-10(2)15(9-17)16-13(5)14-7-6-11(3)8-12(14)4/h6-8,10,13,15-17H,9H2,1-5H3. The topological polar surface area (TPSA) is 32.3 Å². The molecule has 1 rings (SSSR count). The highest BCUT2D eigenvalue weighted by Crippen LogP contribution is 2.20. The van der Waals surface area contributed by atoms with Crippen LogP contribution >= 0.6 is 0 Å². The minimum atomic E-state index is 0.158. The Morgan fingerprint density at radius 2 is 1.82 bits per heavy atom. The van der Waals surface area contributed by atoms with Crippen molar-refractivity contribution in [2.75, 3.05) is 6.61 Å². The molecule has 0 radical (unpaired) electrons. The van der Waals surface area contributed by atoms with E-state index in [0.29, 0.717) is 5.92 Å². The van der Waals surface area contributed by atoms with Crippen molar-refractivity contribution in [3.05, 3.63) is 34.9 Å². The molecule has 0 aliphatic rings.